The molecule has 1 N–H and O–H groups in total. The highest BCUT2D eigenvalue weighted by Gasteiger charge is 2.47. The second-order valence-electron chi connectivity index (χ2n) is 5.83. The Kier molecular flexibility index (Phi) is 4.08. The summed E-state index contributed by atoms with van der Waals surface area (Å²) in [5.41, 5.74) is 0. The first-order chi connectivity index (χ1) is 8.11. The Morgan fingerprint density at radius 1 is 1.41 bits per heavy atom. The fourth-order valence-electron chi connectivity index (χ4n) is 3.17. The average molecular weight is 240 g/mol. The maximum atomic E-state index is 11.2. The SMILES string of the molecule is CCCCC(CC1CC2OC2CC1C)C(=O)O. The number of hydrogen-bond donors (Lipinski definition) is 1. The summed E-state index contributed by atoms with van der Waals surface area (Å²) in [4.78, 5) is 11.2. The molecule has 0 aromatic carbocycles. The molecule has 0 aromatic heterocycles. The van der Waals surface area contributed by atoms with Crippen molar-refractivity contribution in [1.29, 1.82) is 0 Å². The molecule has 0 bridgehead atoms. The number of ether oxygens (including phenoxy) is 1. The Labute approximate surface area is 104 Å². The Bertz CT molecular complexity index is 277. The van der Waals surface area contributed by atoms with E-state index in [-0.39, 0.29) is 5.92 Å². The van der Waals surface area contributed by atoms with Gasteiger partial charge in [0.15, 0.2) is 0 Å². The van der Waals surface area contributed by atoms with Crippen LogP contribution >= 0.6 is 0 Å². The summed E-state index contributed by atoms with van der Waals surface area (Å²) in [6, 6.07) is 0. The lowest BCUT2D eigenvalue weighted by Crippen LogP contribution is -2.27. The van der Waals surface area contributed by atoms with Gasteiger partial charge >= 0.3 is 5.97 Å². The van der Waals surface area contributed by atoms with Gasteiger partial charge in [-0.05, 0) is 37.5 Å². The summed E-state index contributed by atoms with van der Waals surface area (Å²) >= 11 is 0. The van der Waals surface area contributed by atoms with E-state index in [1.54, 1.807) is 0 Å². The number of carboxylic acid groups (broad SMARTS) is 1. The number of carbonyl (C=O) groups is 1. The molecule has 2 aliphatic rings. The zero-order valence-corrected chi connectivity index (χ0v) is 10.9. The monoisotopic (exact) mass is 240 g/mol. The molecule has 2 fully saturated rings. The van der Waals surface area contributed by atoms with Crippen molar-refractivity contribution in [2.24, 2.45) is 17.8 Å². The molecule has 1 heterocycles. The second-order valence-corrected chi connectivity index (χ2v) is 5.83. The molecule has 5 unspecified atom stereocenters. The predicted octanol–water partition coefficient (Wildman–Crippen LogP) is 3.08. The standard InChI is InChI=1S/C14H24O3/c1-3-4-5-10(14(15)16)7-11-8-13-12(17-13)6-9(11)2/h9-13H,3-8H2,1-2H3,(H,15,16). The normalized spacial score (nSPS) is 37.3. The van der Waals surface area contributed by atoms with E-state index in [2.05, 4.69) is 13.8 Å². The first-order valence-electron chi connectivity index (χ1n) is 7.00. The third-order valence-corrected chi connectivity index (χ3v) is 4.47. The van der Waals surface area contributed by atoms with Crippen molar-refractivity contribution in [3.05, 3.63) is 0 Å². The van der Waals surface area contributed by atoms with Crippen LogP contribution in [0.2, 0.25) is 0 Å². The van der Waals surface area contributed by atoms with Crippen molar-refractivity contribution in [3.63, 3.8) is 0 Å². The summed E-state index contributed by atoms with van der Waals surface area (Å²) < 4.78 is 5.55. The van der Waals surface area contributed by atoms with Gasteiger partial charge in [-0.25, -0.2) is 0 Å². The van der Waals surface area contributed by atoms with Crippen molar-refractivity contribution >= 4 is 5.97 Å². The molecular formula is C14H24O3. The maximum absolute atomic E-state index is 11.2. The fourth-order valence-corrected chi connectivity index (χ4v) is 3.17. The van der Waals surface area contributed by atoms with Crippen molar-refractivity contribution in [2.75, 3.05) is 0 Å². The summed E-state index contributed by atoms with van der Waals surface area (Å²) in [5, 5.41) is 9.26. The quantitative estimate of drug-likeness (QED) is 0.726. The van der Waals surface area contributed by atoms with Crippen LogP contribution in [-0.4, -0.2) is 23.3 Å². The third-order valence-electron chi connectivity index (χ3n) is 4.47. The van der Waals surface area contributed by atoms with Crippen LogP contribution in [0.1, 0.15) is 52.4 Å². The third kappa shape index (κ3) is 3.21. The van der Waals surface area contributed by atoms with Crippen LogP contribution in [0.25, 0.3) is 0 Å². The second kappa shape index (κ2) is 5.38. The lowest BCUT2D eigenvalue weighted by atomic mass is 9.75. The van der Waals surface area contributed by atoms with Gasteiger partial charge in [0, 0.05) is 0 Å². The van der Waals surface area contributed by atoms with E-state index in [0.717, 1.165) is 38.5 Å². The van der Waals surface area contributed by atoms with E-state index in [9.17, 15) is 9.90 Å². The molecular weight excluding hydrogens is 216 g/mol. The first kappa shape index (κ1) is 12.9. The predicted molar refractivity (Wildman–Crippen MR) is 65.8 cm³/mol. The molecule has 5 atom stereocenters. The smallest absolute Gasteiger partial charge is 0.306 e. The van der Waals surface area contributed by atoms with Crippen LogP contribution in [-0.2, 0) is 9.53 Å². The number of epoxide rings is 1. The van der Waals surface area contributed by atoms with Gasteiger partial charge in [-0.3, -0.25) is 4.79 Å². The molecule has 2 rings (SSSR count). The van der Waals surface area contributed by atoms with Crippen molar-refractivity contribution < 1.29 is 14.6 Å². The lowest BCUT2D eigenvalue weighted by Gasteiger charge is -2.28. The van der Waals surface area contributed by atoms with Crippen LogP contribution < -0.4 is 0 Å². The van der Waals surface area contributed by atoms with Gasteiger partial charge in [-0.1, -0.05) is 26.7 Å². The number of hydrogen-bond acceptors (Lipinski definition) is 2. The maximum Gasteiger partial charge on any atom is 0.306 e. The van der Waals surface area contributed by atoms with Crippen molar-refractivity contribution in [2.45, 2.75) is 64.6 Å². The van der Waals surface area contributed by atoms with E-state index >= 15 is 0 Å². The summed E-state index contributed by atoms with van der Waals surface area (Å²) in [7, 11) is 0. The first-order valence-corrected chi connectivity index (χ1v) is 7.00. The van der Waals surface area contributed by atoms with E-state index in [0.29, 0.717) is 24.0 Å². The van der Waals surface area contributed by atoms with Crippen LogP contribution in [0, 0.1) is 17.8 Å². The Morgan fingerprint density at radius 3 is 2.76 bits per heavy atom. The molecule has 1 aliphatic heterocycles. The Hall–Kier alpha value is -0.570. The van der Waals surface area contributed by atoms with Gasteiger partial charge in [-0.15, -0.1) is 0 Å². The van der Waals surface area contributed by atoms with Crippen LogP contribution in [0.15, 0.2) is 0 Å². The number of aliphatic carboxylic acids is 1. The molecule has 98 valence electrons. The van der Waals surface area contributed by atoms with Crippen LogP contribution in [0.3, 0.4) is 0 Å². The van der Waals surface area contributed by atoms with Crippen molar-refractivity contribution in [3.8, 4) is 0 Å². The minimum Gasteiger partial charge on any atom is -0.481 e. The molecule has 0 amide bonds. The van der Waals surface area contributed by atoms with Crippen LogP contribution in [0.5, 0.6) is 0 Å². The van der Waals surface area contributed by atoms with Gasteiger partial charge < -0.3 is 9.84 Å². The minimum atomic E-state index is -0.607. The molecule has 17 heavy (non-hydrogen) atoms. The lowest BCUT2D eigenvalue weighted by molar-refractivity contribution is -0.142. The molecule has 1 aliphatic carbocycles. The minimum absolute atomic E-state index is 0.141. The summed E-state index contributed by atoms with van der Waals surface area (Å²) in [5.74, 6) is 0.432. The van der Waals surface area contributed by atoms with E-state index in [1.165, 1.54) is 0 Å². The highest BCUT2D eigenvalue weighted by Crippen LogP contribution is 2.45. The number of fused-ring (bicyclic) bond motifs is 1. The molecule has 1 saturated heterocycles. The van der Waals surface area contributed by atoms with E-state index in [4.69, 9.17) is 4.74 Å². The number of unbranched alkanes of at least 4 members (excludes halogenated alkanes) is 1. The zero-order valence-electron chi connectivity index (χ0n) is 10.9. The fraction of sp³-hybridized carbons (Fsp3) is 0.929. The molecule has 0 radical (unpaired) electrons. The number of carboxylic acids is 1. The summed E-state index contributed by atoms with van der Waals surface area (Å²) in [6.07, 6.45) is 6.97. The highest BCUT2D eigenvalue weighted by molar-refractivity contribution is 5.69. The van der Waals surface area contributed by atoms with Crippen molar-refractivity contribution in [1.82, 2.24) is 0 Å². The van der Waals surface area contributed by atoms with E-state index in [1.807, 2.05) is 0 Å². The average Bonchev–Trinajstić information content (AvgIpc) is 3.01. The zero-order chi connectivity index (χ0) is 12.4. The number of rotatable bonds is 6. The summed E-state index contributed by atoms with van der Waals surface area (Å²) in [6.45, 7) is 4.37. The Balaban J connectivity index is 1.85. The van der Waals surface area contributed by atoms with Gasteiger partial charge in [-0.2, -0.15) is 0 Å². The van der Waals surface area contributed by atoms with Crippen LogP contribution in [0.4, 0.5) is 0 Å². The highest BCUT2D eigenvalue weighted by atomic mass is 16.6. The molecule has 3 nitrogen and oxygen atoms in total. The van der Waals surface area contributed by atoms with Gasteiger partial charge in [0.05, 0.1) is 18.1 Å². The van der Waals surface area contributed by atoms with E-state index < -0.39 is 5.97 Å². The van der Waals surface area contributed by atoms with Gasteiger partial charge in [0.25, 0.3) is 0 Å². The topological polar surface area (TPSA) is 49.8 Å². The molecule has 0 aromatic rings. The molecule has 3 heteroatoms. The van der Waals surface area contributed by atoms with Gasteiger partial charge in [0.2, 0.25) is 0 Å². The van der Waals surface area contributed by atoms with Gasteiger partial charge in [0.1, 0.15) is 0 Å². The molecule has 0 spiro atoms. The Morgan fingerprint density at radius 2 is 2.12 bits per heavy atom. The molecule has 1 saturated carbocycles. The largest absolute Gasteiger partial charge is 0.481 e.